The van der Waals surface area contributed by atoms with E-state index >= 15 is 0 Å². The van der Waals surface area contributed by atoms with Crippen LogP contribution in [-0.4, -0.2) is 24.2 Å². The summed E-state index contributed by atoms with van der Waals surface area (Å²) in [5, 5.41) is 2.85. The Morgan fingerprint density at radius 3 is 2.60 bits per heavy atom. The molecule has 6 heteroatoms. The average molecular weight is 302 g/mol. The summed E-state index contributed by atoms with van der Waals surface area (Å²) in [5.41, 5.74) is 5.35. The van der Waals surface area contributed by atoms with Gasteiger partial charge in [-0.05, 0) is 38.8 Å². The van der Waals surface area contributed by atoms with Crippen molar-refractivity contribution in [3.8, 4) is 0 Å². The molecule has 0 amide bonds. The van der Waals surface area contributed by atoms with E-state index in [2.05, 4.69) is 17.5 Å². The second-order valence-electron chi connectivity index (χ2n) is 4.71. The van der Waals surface area contributed by atoms with Crippen molar-refractivity contribution in [3.05, 3.63) is 29.3 Å². The summed E-state index contributed by atoms with van der Waals surface area (Å²) in [6.45, 7) is 5.15. The van der Waals surface area contributed by atoms with Gasteiger partial charge >= 0.3 is 0 Å². The Morgan fingerprint density at radius 1 is 1.30 bits per heavy atom. The van der Waals surface area contributed by atoms with Gasteiger partial charge < -0.3 is 15.8 Å². The van der Waals surface area contributed by atoms with Crippen LogP contribution in [0.15, 0.2) is 12.1 Å². The number of anilines is 1. The molecule has 0 aliphatic carbocycles. The fraction of sp³-hybridized carbons (Fsp3) is 0.500. The number of rotatable bonds is 8. The zero-order valence-corrected chi connectivity index (χ0v) is 12.5. The second kappa shape index (κ2) is 8.11. The maximum absolute atomic E-state index is 13.7. The number of nitrogens with two attached hydrogens (primary N) is 1. The third kappa shape index (κ3) is 5.02. The zero-order valence-electron chi connectivity index (χ0n) is 11.7. The highest BCUT2D eigenvalue weighted by Gasteiger charge is 2.14. The third-order valence-electron chi connectivity index (χ3n) is 2.69. The predicted octanol–water partition coefficient (Wildman–Crippen LogP) is 3.22. The van der Waals surface area contributed by atoms with E-state index in [1.54, 1.807) is 0 Å². The van der Waals surface area contributed by atoms with Crippen LogP contribution in [0.4, 0.5) is 14.5 Å². The normalized spacial score (nSPS) is 10.8. The van der Waals surface area contributed by atoms with Gasteiger partial charge in [-0.3, -0.25) is 0 Å². The number of nitrogens with one attached hydrogen (secondary N) is 1. The van der Waals surface area contributed by atoms with Crippen molar-refractivity contribution < 1.29 is 13.5 Å². The van der Waals surface area contributed by atoms with Crippen molar-refractivity contribution in [1.82, 2.24) is 0 Å². The number of hydrogen-bond donors (Lipinski definition) is 2. The van der Waals surface area contributed by atoms with Crippen LogP contribution in [0.5, 0.6) is 0 Å². The predicted molar refractivity (Wildman–Crippen MR) is 81.1 cm³/mol. The summed E-state index contributed by atoms with van der Waals surface area (Å²) in [7, 11) is 0. The van der Waals surface area contributed by atoms with Crippen molar-refractivity contribution in [2.45, 2.75) is 32.8 Å². The highest BCUT2D eigenvalue weighted by Crippen LogP contribution is 2.20. The maximum atomic E-state index is 13.7. The lowest BCUT2D eigenvalue weighted by Crippen LogP contribution is -2.14. The van der Waals surface area contributed by atoms with E-state index in [0.29, 0.717) is 13.2 Å². The number of hydrogen-bond acceptors (Lipinski definition) is 3. The molecule has 0 radical (unpaired) electrons. The molecule has 3 N–H and O–H groups in total. The molecular formula is C14H20F2N2OS. The Kier molecular flexibility index (Phi) is 6.81. The van der Waals surface area contributed by atoms with Gasteiger partial charge in [0.1, 0.15) is 4.99 Å². The van der Waals surface area contributed by atoms with Gasteiger partial charge in [0.15, 0.2) is 11.6 Å². The van der Waals surface area contributed by atoms with Gasteiger partial charge in [0.25, 0.3) is 0 Å². The summed E-state index contributed by atoms with van der Waals surface area (Å²) in [5.74, 6) is -1.96. The lowest BCUT2D eigenvalue weighted by atomic mass is 10.1. The van der Waals surface area contributed by atoms with Gasteiger partial charge in [-0.1, -0.05) is 12.2 Å². The molecule has 0 heterocycles. The van der Waals surface area contributed by atoms with E-state index in [1.165, 1.54) is 12.1 Å². The van der Waals surface area contributed by atoms with Gasteiger partial charge in [-0.2, -0.15) is 0 Å². The van der Waals surface area contributed by atoms with E-state index < -0.39 is 11.6 Å². The lowest BCUT2D eigenvalue weighted by Gasteiger charge is -2.11. The van der Waals surface area contributed by atoms with Gasteiger partial charge in [0, 0.05) is 18.7 Å². The van der Waals surface area contributed by atoms with Crippen LogP contribution in [0.2, 0.25) is 0 Å². The number of unbranched alkanes of at least 4 members (excludes halogenated alkanes) is 1. The quantitative estimate of drug-likeness (QED) is 0.572. The topological polar surface area (TPSA) is 47.3 Å². The summed E-state index contributed by atoms with van der Waals surface area (Å²) in [4.78, 5) is -0.154. The number of benzene rings is 1. The van der Waals surface area contributed by atoms with E-state index in [4.69, 9.17) is 10.5 Å². The molecular weight excluding hydrogens is 282 g/mol. The first-order valence-corrected chi connectivity index (χ1v) is 6.97. The number of ether oxygens (including phenoxy) is 1. The molecule has 0 saturated heterocycles. The molecule has 20 heavy (non-hydrogen) atoms. The Hall–Kier alpha value is -1.27. The molecule has 1 aromatic rings. The van der Waals surface area contributed by atoms with E-state index in [1.807, 2.05) is 13.8 Å². The van der Waals surface area contributed by atoms with Crippen LogP contribution in [0.25, 0.3) is 0 Å². The molecule has 1 rings (SSSR count). The first-order valence-electron chi connectivity index (χ1n) is 6.56. The molecule has 3 nitrogen and oxygen atoms in total. The summed E-state index contributed by atoms with van der Waals surface area (Å²) >= 11 is 4.65. The minimum atomic E-state index is -1.01. The SMILES string of the molecule is CC(C)OCCCCNc1ccc(C(N)=S)c(F)c1F. The second-order valence-corrected chi connectivity index (χ2v) is 5.15. The molecule has 0 aliphatic heterocycles. The minimum absolute atomic E-state index is 0.0756. The standard InChI is InChI=1S/C14H20F2N2OS/c1-9(2)19-8-4-3-7-18-11-6-5-10(14(17)20)12(15)13(11)16/h5-6,9,18H,3-4,7-8H2,1-2H3,(H2,17,20). The fourth-order valence-corrected chi connectivity index (χ4v) is 1.80. The van der Waals surface area contributed by atoms with Gasteiger partial charge in [0.2, 0.25) is 0 Å². The smallest absolute Gasteiger partial charge is 0.182 e. The molecule has 0 aromatic heterocycles. The van der Waals surface area contributed by atoms with Crippen molar-refractivity contribution in [2.24, 2.45) is 5.73 Å². The van der Waals surface area contributed by atoms with Crippen molar-refractivity contribution in [1.29, 1.82) is 0 Å². The molecule has 0 saturated carbocycles. The van der Waals surface area contributed by atoms with Gasteiger partial charge in [-0.25, -0.2) is 8.78 Å². The molecule has 0 unspecified atom stereocenters. The molecule has 112 valence electrons. The number of thiocarbonyl (C=S) groups is 1. The Labute approximate surface area is 123 Å². The fourth-order valence-electron chi connectivity index (χ4n) is 1.65. The lowest BCUT2D eigenvalue weighted by molar-refractivity contribution is 0.0765. The monoisotopic (exact) mass is 302 g/mol. The van der Waals surface area contributed by atoms with Gasteiger partial charge in [-0.15, -0.1) is 0 Å². The van der Waals surface area contributed by atoms with Gasteiger partial charge in [0.05, 0.1) is 11.8 Å². The zero-order chi connectivity index (χ0) is 15.1. The molecule has 0 fully saturated rings. The van der Waals surface area contributed by atoms with Crippen LogP contribution >= 0.6 is 12.2 Å². The van der Waals surface area contributed by atoms with E-state index in [0.717, 1.165) is 12.8 Å². The summed E-state index contributed by atoms with van der Waals surface area (Å²) in [6.07, 6.45) is 1.88. The Bertz CT molecular complexity index is 467. The Balaban J connectivity index is 2.45. The van der Waals surface area contributed by atoms with Crippen LogP contribution < -0.4 is 11.1 Å². The summed E-state index contributed by atoms with van der Waals surface area (Å²) in [6, 6.07) is 2.82. The van der Waals surface area contributed by atoms with Crippen LogP contribution in [0.1, 0.15) is 32.3 Å². The highest BCUT2D eigenvalue weighted by atomic mass is 32.1. The number of halogens is 2. The third-order valence-corrected chi connectivity index (χ3v) is 2.91. The van der Waals surface area contributed by atoms with Crippen molar-refractivity contribution in [3.63, 3.8) is 0 Å². The van der Waals surface area contributed by atoms with Crippen molar-refractivity contribution >= 4 is 22.9 Å². The first-order chi connectivity index (χ1) is 9.43. The molecule has 0 spiro atoms. The molecule has 0 aliphatic rings. The van der Waals surface area contributed by atoms with Crippen LogP contribution in [-0.2, 0) is 4.74 Å². The van der Waals surface area contributed by atoms with E-state index in [-0.39, 0.29) is 22.3 Å². The minimum Gasteiger partial charge on any atom is -0.389 e. The maximum Gasteiger partial charge on any atom is 0.182 e. The van der Waals surface area contributed by atoms with Crippen LogP contribution in [0.3, 0.4) is 0 Å². The summed E-state index contributed by atoms with van der Waals surface area (Å²) < 4.78 is 32.7. The van der Waals surface area contributed by atoms with Crippen molar-refractivity contribution in [2.75, 3.05) is 18.5 Å². The average Bonchev–Trinajstić information content (AvgIpc) is 2.37. The van der Waals surface area contributed by atoms with E-state index in [9.17, 15) is 8.78 Å². The Morgan fingerprint density at radius 2 is 2.00 bits per heavy atom. The largest absolute Gasteiger partial charge is 0.389 e. The highest BCUT2D eigenvalue weighted by molar-refractivity contribution is 7.80. The molecule has 0 atom stereocenters. The van der Waals surface area contributed by atoms with Crippen LogP contribution in [0, 0.1) is 11.6 Å². The molecule has 1 aromatic carbocycles. The molecule has 0 bridgehead atoms. The first kappa shape index (κ1) is 16.8.